The molecule has 1 aromatic heterocycles. The quantitative estimate of drug-likeness (QED) is 0.799. The van der Waals surface area contributed by atoms with Crippen LogP contribution in [0.5, 0.6) is 0 Å². The number of carbonyl (C=O) groups is 1. The van der Waals surface area contributed by atoms with Crippen molar-refractivity contribution in [2.75, 3.05) is 37.7 Å². The van der Waals surface area contributed by atoms with E-state index in [-0.39, 0.29) is 5.91 Å². The number of amides is 1. The lowest BCUT2D eigenvalue weighted by Gasteiger charge is -2.26. The largest absolute Gasteiger partial charge is 0.378 e. The summed E-state index contributed by atoms with van der Waals surface area (Å²) < 4.78 is 5.31. The van der Waals surface area contributed by atoms with Gasteiger partial charge in [-0.25, -0.2) is 4.98 Å². The van der Waals surface area contributed by atoms with Crippen LogP contribution >= 0.6 is 11.3 Å². The molecule has 0 bridgehead atoms. The van der Waals surface area contributed by atoms with E-state index in [9.17, 15) is 4.79 Å². The molecule has 0 atom stereocenters. The smallest absolute Gasteiger partial charge is 0.263 e. The lowest BCUT2D eigenvalue weighted by molar-refractivity contribution is 0.0962. The van der Waals surface area contributed by atoms with E-state index in [1.54, 1.807) is 0 Å². The highest BCUT2D eigenvalue weighted by Crippen LogP contribution is 2.28. The monoisotopic (exact) mass is 251 g/mol. The highest BCUT2D eigenvalue weighted by molar-refractivity contribution is 7.17. The zero-order chi connectivity index (χ0) is 11.7. The summed E-state index contributed by atoms with van der Waals surface area (Å²) in [5.41, 5.74) is 0.784. The van der Waals surface area contributed by atoms with E-state index in [2.05, 4.69) is 15.2 Å². The number of fused-ring (bicyclic) bond motifs is 1. The van der Waals surface area contributed by atoms with Gasteiger partial charge in [0.1, 0.15) is 4.88 Å². The first-order chi connectivity index (χ1) is 8.34. The lowest BCUT2D eigenvalue weighted by Crippen LogP contribution is -2.36. The highest BCUT2D eigenvalue weighted by atomic mass is 32.1. The summed E-state index contributed by atoms with van der Waals surface area (Å²) in [7, 11) is 0. The van der Waals surface area contributed by atoms with Crippen molar-refractivity contribution >= 4 is 28.5 Å². The van der Waals surface area contributed by atoms with Crippen LogP contribution in [-0.2, 0) is 4.74 Å². The van der Waals surface area contributed by atoms with Crippen molar-refractivity contribution in [2.24, 2.45) is 0 Å². The molecule has 5 nitrogen and oxygen atoms in total. The Bertz CT molecular complexity index is 463. The first-order valence-electron chi connectivity index (χ1n) is 5.63. The Balaban J connectivity index is 1.92. The van der Waals surface area contributed by atoms with Gasteiger partial charge >= 0.3 is 0 Å². The van der Waals surface area contributed by atoms with Crippen LogP contribution < -0.4 is 10.2 Å². The number of ether oxygens (including phenoxy) is 1. The maximum atomic E-state index is 11.8. The number of nitrogens with one attached hydrogen (secondary N) is 1. The molecule has 90 valence electrons. The number of carbonyl (C=O) groups excluding carboxylic acids is 1. The van der Waals surface area contributed by atoms with Crippen molar-refractivity contribution in [3.63, 3.8) is 0 Å². The second-order valence-electron chi connectivity index (χ2n) is 3.92. The SMILES string of the molecule is O=C1NCC=Cc2nc(N3CCOCC3)sc21. The third-order valence-corrected chi connectivity index (χ3v) is 3.92. The average Bonchev–Trinajstić information content (AvgIpc) is 2.72. The van der Waals surface area contributed by atoms with Gasteiger partial charge in [0.05, 0.1) is 18.9 Å². The standard InChI is InChI=1S/C11H13N3O2S/c15-10-9-8(2-1-3-12-10)13-11(17-9)14-4-6-16-7-5-14/h1-2H,3-7H2,(H,12,15). The number of hydrogen-bond acceptors (Lipinski definition) is 5. The van der Waals surface area contributed by atoms with E-state index in [1.807, 2.05) is 12.2 Å². The molecule has 0 saturated carbocycles. The molecule has 0 radical (unpaired) electrons. The predicted octanol–water partition coefficient (Wildman–Crippen LogP) is 0.736. The van der Waals surface area contributed by atoms with Crippen molar-refractivity contribution in [3.05, 3.63) is 16.6 Å². The van der Waals surface area contributed by atoms with Crippen molar-refractivity contribution in [2.45, 2.75) is 0 Å². The van der Waals surface area contributed by atoms with Crippen molar-refractivity contribution in [1.29, 1.82) is 0 Å². The van der Waals surface area contributed by atoms with Crippen LogP contribution in [0.25, 0.3) is 6.08 Å². The van der Waals surface area contributed by atoms with Crippen LogP contribution in [-0.4, -0.2) is 43.7 Å². The normalized spacial score (nSPS) is 19.8. The molecule has 2 aliphatic rings. The van der Waals surface area contributed by atoms with E-state index in [1.165, 1.54) is 11.3 Å². The molecule has 1 aromatic rings. The zero-order valence-electron chi connectivity index (χ0n) is 9.31. The first-order valence-corrected chi connectivity index (χ1v) is 6.44. The summed E-state index contributed by atoms with van der Waals surface area (Å²) in [6.07, 6.45) is 3.83. The van der Waals surface area contributed by atoms with Crippen LogP contribution in [0.4, 0.5) is 5.13 Å². The highest BCUT2D eigenvalue weighted by Gasteiger charge is 2.21. The number of rotatable bonds is 1. The third kappa shape index (κ3) is 2.05. The van der Waals surface area contributed by atoms with E-state index in [0.717, 1.165) is 37.1 Å². The number of anilines is 1. The zero-order valence-corrected chi connectivity index (χ0v) is 10.1. The molecule has 0 spiro atoms. The number of aromatic nitrogens is 1. The van der Waals surface area contributed by atoms with Crippen LogP contribution in [0.15, 0.2) is 6.08 Å². The van der Waals surface area contributed by atoms with Gasteiger partial charge in [-0.1, -0.05) is 17.4 Å². The third-order valence-electron chi connectivity index (χ3n) is 2.79. The minimum atomic E-state index is -0.0259. The molecule has 3 heterocycles. The van der Waals surface area contributed by atoms with E-state index >= 15 is 0 Å². The first kappa shape index (κ1) is 10.7. The Morgan fingerprint density at radius 3 is 3.06 bits per heavy atom. The Morgan fingerprint density at radius 2 is 2.24 bits per heavy atom. The maximum absolute atomic E-state index is 11.8. The maximum Gasteiger partial charge on any atom is 0.263 e. The van der Waals surface area contributed by atoms with E-state index in [4.69, 9.17) is 4.74 Å². The molecular weight excluding hydrogens is 238 g/mol. The second kappa shape index (κ2) is 4.46. The number of thiazole rings is 1. The predicted molar refractivity (Wildman–Crippen MR) is 66.5 cm³/mol. The Labute approximate surface area is 103 Å². The van der Waals surface area contributed by atoms with E-state index < -0.39 is 0 Å². The van der Waals surface area contributed by atoms with Crippen molar-refractivity contribution in [1.82, 2.24) is 10.3 Å². The number of hydrogen-bond donors (Lipinski definition) is 1. The summed E-state index contributed by atoms with van der Waals surface area (Å²) in [6, 6.07) is 0. The van der Waals surface area contributed by atoms with Gasteiger partial charge < -0.3 is 15.0 Å². The van der Waals surface area contributed by atoms with Gasteiger partial charge in [0.25, 0.3) is 5.91 Å². The molecule has 6 heteroatoms. The topological polar surface area (TPSA) is 54.5 Å². The molecular formula is C11H13N3O2S. The van der Waals surface area contributed by atoms with Crippen LogP contribution in [0.3, 0.4) is 0 Å². The van der Waals surface area contributed by atoms with Gasteiger partial charge in [0.2, 0.25) is 0 Å². The lowest BCUT2D eigenvalue weighted by atomic mass is 10.3. The summed E-state index contributed by atoms with van der Waals surface area (Å²) in [4.78, 5) is 19.2. The van der Waals surface area contributed by atoms with Gasteiger partial charge in [-0.3, -0.25) is 4.79 Å². The summed E-state index contributed by atoms with van der Waals surface area (Å²) in [5, 5.41) is 3.74. The number of nitrogens with zero attached hydrogens (tertiary/aromatic N) is 2. The molecule has 3 rings (SSSR count). The molecule has 17 heavy (non-hydrogen) atoms. The van der Waals surface area contributed by atoms with Crippen LogP contribution in [0, 0.1) is 0 Å². The summed E-state index contributed by atoms with van der Waals surface area (Å²) in [6.45, 7) is 3.73. The number of morpholine rings is 1. The van der Waals surface area contributed by atoms with Crippen LogP contribution in [0.2, 0.25) is 0 Å². The molecule has 0 aliphatic carbocycles. The fraction of sp³-hybridized carbons (Fsp3) is 0.455. The van der Waals surface area contributed by atoms with Gasteiger partial charge in [-0.05, 0) is 6.08 Å². The fourth-order valence-corrected chi connectivity index (χ4v) is 2.91. The Kier molecular flexibility index (Phi) is 2.82. The van der Waals surface area contributed by atoms with Gasteiger partial charge in [-0.15, -0.1) is 0 Å². The van der Waals surface area contributed by atoms with Gasteiger partial charge in [0.15, 0.2) is 5.13 Å². The summed E-state index contributed by atoms with van der Waals surface area (Å²) >= 11 is 1.46. The Hall–Kier alpha value is -1.40. The molecule has 0 aromatic carbocycles. The van der Waals surface area contributed by atoms with E-state index in [0.29, 0.717) is 11.4 Å². The van der Waals surface area contributed by atoms with Gasteiger partial charge in [0, 0.05) is 19.6 Å². The van der Waals surface area contributed by atoms with Crippen LogP contribution in [0.1, 0.15) is 15.4 Å². The van der Waals surface area contributed by atoms with Crippen molar-refractivity contribution < 1.29 is 9.53 Å². The minimum absolute atomic E-state index is 0.0259. The molecule has 1 fully saturated rings. The molecule has 1 N–H and O–H groups in total. The second-order valence-corrected chi connectivity index (χ2v) is 4.90. The minimum Gasteiger partial charge on any atom is -0.378 e. The molecule has 1 amide bonds. The average molecular weight is 251 g/mol. The molecule has 1 saturated heterocycles. The molecule has 0 unspecified atom stereocenters. The summed E-state index contributed by atoms with van der Waals surface area (Å²) in [5.74, 6) is -0.0259. The van der Waals surface area contributed by atoms with Gasteiger partial charge in [-0.2, -0.15) is 0 Å². The fourth-order valence-electron chi connectivity index (χ4n) is 1.89. The van der Waals surface area contributed by atoms with Crippen molar-refractivity contribution in [3.8, 4) is 0 Å². The molecule has 2 aliphatic heterocycles. The Morgan fingerprint density at radius 1 is 1.41 bits per heavy atom.